The van der Waals surface area contributed by atoms with E-state index in [1.165, 1.54) is 11.6 Å². The van der Waals surface area contributed by atoms with Gasteiger partial charge in [-0.1, -0.05) is 35.9 Å². The van der Waals surface area contributed by atoms with Crippen molar-refractivity contribution in [1.29, 1.82) is 0 Å². The fraction of sp³-hybridized carbons (Fsp3) is 0.250. The van der Waals surface area contributed by atoms with E-state index in [1.54, 1.807) is 25.2 Å². The van der Waals surface area contributed by atoms with Gasteiger partial charge in [0.15, 0.2) is 0 Å². The van der Waals surface area contributed by atoms with Crippen LogP contribution in [0.25, 0.3) is 22.2 Å². The second-order valence-electron chi connectivity index (χ2n) is 8.13. The Morgan fingerprint density at radius 1 is 1.06 bits per heavy atom. The Balaban J connectivity index is 1.94. The average Bonchev–Trinajstić information content (AvgIpc) is 3.12. The molecule has 1 aliphatic rings. The number of benzene rings is 2. The van der Waals surface area contributed by atoms with Crippen LogP contribution in [0.15, 0.2) is 52.1 Å². The van der Waals surface area contributed by atoms with Crippen LogP contribution in [0.5, 0.6) is 5.75 Å². The molecule has 2 aromatic heterocycles. The molecule has 0 radical (unpaired) electrons. The summed E-state index contributed by atoms with van der Waals surface area (Å²) in [7, 11) is 3.13. The second-order valence-corrected chi connectivity index (χ2v) is 8.57. The van der Waals surface area contributed by atoms with Gasteiger partial charge in [-0.3, -0.25) is 13.9 Å². The van der Waals surface area contributed by atoms with Gasteiger partial charge in [-0.25, -0.2) is 4.79 Å². The fourth-order valence-electron chi connectivity index (χ4n) is 4.60. The topological polar surface area (TPSA) is 78.4 Å². The maximum atomic E-state index is 13.4. The minimum Gasteiger partial charge on any atom is -0.508 e. The largest absolute Gasteiger partial charge is 0.508 e. The summed E-state index contributed by atoms with van der Waals surface area (Å²) in [6, 6.07) is 12.7. The molecule has 0 bridgehead atoms. The van der Waals surface area contributed by atoms with Crippen molar-refractivity contribution in [2.75, 3.05) is 6.61 Å². The van der Waals surface area contributed by atoms with E-state index in [1.807, 2.05) is 35.8 Å². The standard InChI is InChI=1S/C24H22ClN3O4/c1-13-4-9-16(17(29)12-13)22-21-20-18(23(30)27(3)24(31)26(20)2)19(28(21)10-11-32-22)14-5-7-15(25)8-6-14/h4-9,12,22,29H,10-11H2,1-3H3/t22-/m0/s1. The fourth-order valence-corrected chi connectivity index (χ4v) is 4.73. The first-order chi connectivity index (χ1) is 15.3. The summed E-state index contributed by atoms with van der Waals surface area (Å²) < 4.78 is 10.8. The number of halogens is 1. The van der Waals surface area contributed by atoms with E-state index in [4.69, 9.17) is 16.3 Å². The van der Waals surface area contributed by atoms with Crippen molar-refractivity contribution >= 4 is 22.5 Å². The number of phenolic OH excluding ortho intramolecular Hbond substituents is 1. The van der Waals surface area contributed by atoms with Crippen LogP contribution in [0.3, 0.4) is 0 Å². The molecular weight excluding hydrogens is 430 g/mol. The second kappa shape index (κ2) is 7.39. The van der Waals surface area contributed by atoms with Crippen LogP contribution in [-0.2, 0) is 25.4 Å². The zero-order valence-electron chi connectivity index (χ0n) is 17.9. The zero-order chi connectivity index (χ0) is 22.7. The Morgan fingerprint density at radius 3 is 2.47 bits per heavy atom. The van der Waals surface area contributed by atoms with Crippen LogP contribution in [0.4, 0.5) is 0 Å². The first-order valence-electron chi connectivity index (χ1n) is 10.3. The maximum Gasteiger partial charge on any atom is 0.331 e. The number of nitrogens with zero attached hydrogens (tertiary/aromatic N) is 3. The molecule has 3 heterocycles. The Labute approximate surface area is 188 Å². The molecule has 0 unspecified atom stereocenters. The Morgan fingerprint density at radius 2 is 1.78 bits per heavy atom. The summed E-state index contributed by atoms with van der Waals surface area (Å²) in [6.07, 6.45) is -0.634. The molecule has 0 amide bonds. The van der Waals surface area contributed by atoms with Crippen molar-refractivity contribution in [2.24, 2.45) is 14.1 Å². The smallest absolute Gasteiger partial charge is 0.331 e. The van der Waals surface area contributed by atoms with Crippen LogP contribution in [0.2, 0.25) is 5.02 Å². The molecule has 8 heteroatoms. The maximum absolute atomic E-state index is 13.4. The molecule has 1 atom stereocenters. The van der Waals surface area contributed by atoms with Crippen LogP contribution in [-0.4, -0.2) is 25.4 Å². The molecule has 32 heavy (non-hydrogen) atoms. The third kappa shape index (κ3) is 2.92. The number of rotatable bonds is 2. The number of ether oxygens (including phenoxy) is 1. The van der Waals surface area contributed by atoms with Gasteiger partial charge in [0.05, 0.1) is 28.9 Å². The van der Waals surface area contributed by atoms with Crippen molar-refractivity contribution in [3.05, 3.63) is 85.1 Å². The Bertz CT molecular complexity index is 1500. The number of aryl methyl sites for hydroxylation is 2. The van der Waals surface area contributed by atoms with Gasteiger partial charge in [0.2, 0.25) is 0 Å². The third-order valence-corrected chi connectivity index (χ3v) is 6.39. The molecule has 164 valence electrons. The highest BCUT2D eigenvalue weighted by molar-refractivity contribution is 6.30. The van der Waals surface area contributed by atoms with E-state index >= 15 is 0 Å². The van der Waals surface area contributed by atoms with Gasteiger partial charge in [0.25, 0.3) is 5.56 Å². The van der Waals surface area contributed by atoms with E-state index in [2.05, 4.69) is 0 Å². The van der Waals surface area contributed by atoms with E-state index < -0.39 is 11.8 Å². The molecule has 0 fully saturated rings. The highest BCUT2D eigenvalue weighted by Crippen LogP contribution is 2.42. The van der Waals surface area contributed by atoms with Crippen molar-refractivity contribution in [3.63, 3.8) is 0 Å². The SMILES string of the molecule is Cc1ccc([C@@H]2OCCn3c(-c4ccc(Cl)cc4)c4c(=O)n(C)c(=O)n(C)c4c32)c(O)c1. The molecule has 0 saturated heterocycles. The predicted octanol–water partition coefficient (Wildman–Crippen LogP) is 3.49. The molecule has 0 spiro atoms. The summed E-state index contributed by atoms with van der Waals surface area (Å²) in [5, 5.41) is 11.7. The number of aromatic hydroxyl groups is 1. The summed E-state index contributed by atoms with van der Waals surface area (Å²) in [4.78, 5) is 26.2. The van der Waals surface area contributed by atoms with E-state index in [0.717, 1.165) is 15.7 Å². The lowest BCUT2D eigenvalue weighted by atomic mass is 10.0. The van der Waals surface area contributed by atoms with E-state index in [0.29, 0.717) is 46.0 Å². The van der Waals surface area contributed by atoms with Gasteiger partial charge in [-0.2, -0.15) is 0 Å². The van der Waals surface area contributed by atoms with Gasteiger partial charge in [-0.05, 0) is 36.2 Å². The summed E-state index contributed by atoms with van der Waals surface area (Å²) in [5.74, 6) is 0.111. The first kappa shape index (κ1) is 20.6. The molecule has 0 saturated carbocycles. The predicted molar refractivity (Wildman–Crippen MR) is 124 cm³/mol. The van der Waals surface area contributed by atoms with Gasteiger partial charge < -0.3 is 14.4 Å². The normalized spacial score (nSPS) is 15.8. The lowest BCUT2D eigenvalue weighted by molar-refractivity contribution is 0.0464. The molecule has 2 aromatic carbocycles. The highest BCUT2D eigenvalue weighted by Gasteiger charge is 2.34. The minimum atomic E-state index is -0.634. The highest BCUT2D eigenvalue weighted by atomic mass is 35.5. The lowest BCUT2D eigenvalue weighted by Crippen LogP contribution is -2.37. The quantitative estimate of drug-likeness (QED) is 0.506. The minimum absolute atomic E-state index is 0.111. The molecule has 1 N–H and O–H groups in total. The Hall–Kier alpha value is -3.29. The van der Waals surface area contributed by atoms with E-state index in [-0.39, 0.29) is 11.3 Å². The molecular formula is C24H22ClN3O4. The molecule has 0 aliphatic carbocycles. The molecule has 5 rings (SSSR count). The van der Waals surface area contributed by atoms with Crippen LogP contribution >= 0.6 is 11.6 Å². The van der Waals surface area contributed by atoms with Crippen molar-refractivity contribution in [3.8, 4) is 17.0 Å². The van der Waals surface area contributed by atoms with Crippen LogP contribution < -0.4 is 11.2 Å². The van der Waals surface area contributed by atoms with Gasteiger partial charge in [0, 0.05) is 31.2 Å². The molecule has 4 aromatic rings. The van der Waals surface area contributed by atoms with E-state index in [9.17, 15) is 14.7 Å². The lowest BCUT2D eigenvalue weighted by Gasteiger charge is -2.28. The zero-order valence-corrected chi connectivity index (χ0v) is 18.7. The molecule has 7 nitrogen and oxygen atoms in total. The number of phenols is 1. The van der Waals surface area contributed by atoms with Crippen molar-refractivity contribution in [1.82, 2.24) is 13.7 Å². The Kier molecular flexibility index (Phi) is 4.76. The first-order valence-corrected chi connectivity index (χ1v) is 10.7. The van der Waals surface area contributed by atoms with Gasteiger partial charge >= 0.3 is 5.69 Å². The van der Waals surface area contributed by atoms with Gasteiger partial charge in [-0.15, -0.1) is 0 Å². The van der Waals surface area contributed by atoms with Crippen molar-refractivity contribution in [2.45, 2.75) is 19.6 Å². The number of fused-ring (bicyclic) bond motifs is 3. The summed E-state index contributed by atoms with van der Waals surface area (Å²) in [5.41, 5.74) is 3.42. The summed E-state index contributed by atoms with van der Waals surface area (Å²) in [6.45, 7) is 2.79. The molecule has 1 aliphatic heterocycles. The van der Waals surface area contributed by atoms with Gasteiger partial charge in [0.1, 0.15) is 11.9 Å². The monoisotopic (exact) mass is 451 g/mol. The average molecular weight is 452 g/mol. The van der Waals surface area contributed by atoms with Crippen LogP contribution in [0, 0.1) is 6.92 Å². The number of aromatic nitrogens is 3. The number of hydrogen-bond acceptors (Lipinski definition) is 4. The summed E-state index contributed by atoms with van der Waals surface area (Å²) >= 11 is 6.10. The van der Waals surface area contributed by atoms with Crippen LogP contribution in [0.1, 0.15) is 22.9 Å². The van der Waals surface area contributed by atoms with Crippen molar-refractivity contribution < 1.29 is 9.84 Å². The third-order valence-electron chi connectivity index (χ3n) is 6.14. The number of hydrogen-bond donors (Lipinski definition) is 1.